The lowest BCUT2D eigenvalue weighted by atomic mass is 9.89. The SMILES string of the molecule is CCC1(N)CN(C(N)=O)C1. The molecule has 4 nitrogen and oxygen atoms in total. The quantitative estimate of drug-likeness (QED) is 0.518. The summed E-state index contributed by atoms with van der Waals surface area (Å²) in [7, 11) is 0. The fourth-order valence-electron chi connectivity index (χ4n) is 1.09. The Hall–Kier alpha value is -0.770. The molecule has 0 aromatic carbocycles. The van der Waals surface area contributed by atoms with E-state index in [9.17, 15) is 4.79 Å². The van der Waals surface area contributed by atoms with Crippen molar-refractivity contribution in [2.24, 2.45) is 11.5 Å². The molecule has 0 aromatic heterocycles. The molecule has 0 spiro atoms. The third-order valence-electron chi connectivity index (χ3n) is 2.03. The number of hydrogen-bond acceptors (Lipinski definition) is 2. The first kappa shape index (κ1) is 7.34. The summed E-state index contributed by atoms with van der Waals surface area (Å²) in [5.41, 5.74) is 10.6. The number of nitrogens with zero attached hydrogens (tertiary/aromatic N) is 1. The molecule has 0 radical (unpaired) electrons. The number of rotatable bonds is 1. The molecular formula is C6H13N3O. The molecule has 1 fully saturated rings. The maximum Gasteiger partial charge on any atom is 0.314 e. The van der Waals surface area contributed by atoms with E-state index < -0.39 is 0 Å². The van der Waals surface area contributed by atoms with Crippen molar-refractivity contribution in [1.29, 1.82) is 0 Å². The molecule has 2 amide bonds. The average Bonchev–Trinajstić information content (AvgIpc) is 1.80. The number of primary amides is 1. The van der Waals surface area contributed by atoms with Gasteiger partial charge in [0.15, 0.2) is 0 Å². The van der Waals surface area contributed by atoms with Gasteiger partial charge in [-0.25, -0.2) is 4.79 Å². The van der Waals surface area contributed by atoms with E-state index in [1.165, 1.54) is 0 Å². The van der Waals surface area contributed by atoms with E-state index in [-0.39, 0.29) is 11.6 Å². The second-order valence-electron chi connectivity index (χ2n) is 2.91. The number of hydrogen-bond donors (Lipinski definition) is 2. The van der Waals surface area contributed by atoms with Crippen molar-refractivity contribution in [3.63, 3.8) is 0 Å². The standard InChI is InChI=1S/C6H13N3O/c1-2-6(8)3-9(4-6)5(7)10/h2-4,8H2,1H3,(H2,7,10). The van der Waals surface area contributed by atoms with Gasteiger partial charge in [0.25, 0.3) is 0 Å². The highest BCUT2D eigenvalue weighted by Crippen LogP contribution is 2.20. The molecule has 58 valence electrons. The highest BCUT2D eigenvalue weighted by molar-refractivity contribution is 5.73. The Bertz CT molecular complexity index is 151. The first-order valence-corrected chi connectivity index (χ1v) is 3.41. The van der Waals surface area contributed by atoms with Gasteiger partial charge >= 0.3 is 6.03 Å². The second-order valence-corrected chi connectivity index (χ2v) is 2.91. The lowest BCUT2D eigenvalue weighted by Crippen LogP contribution is -2.69. The van der Waals surface area contributed by atoms with Crippen molar-refractivity contribution in [3.8, 4) is 0 Å². The lowest BCUT2D eigenvalue weighted by Gasteiger charge is -2.46. The summed E-state index contributed by atoms with van der Waals surface area (Å²) in [6, 6.07) is -0.366. The zero-order chi connectivity index (χ0) is 7.78. The minimum absolute atomic E-state index is 0.158. The van der Waals surface area contributed by atoms with Crippen molar-refractivity contribution < 1.29 is 4.79 Å². The Morgan fingerprint density at radius 3 is 2.50 bits per heavy atom. The van der Waals surface area contributed by atoms with Crippen molar-refractivity contribution in [3.05, 3.63) is 0 Å². The van der Waals surface area contributed by atoms with Crippen LogP contribution in [0.25, 0.3) is 0 Å². The average molecular weight is 143 g/mol. The molecule has 1 aliphatic heterocycles. The summed E-state index contributed by atoms with van der Waals surface area (Å²) in [6.45, 7) is 3.23. The predicted octanol–water partition coefficient (Wildman–Crippen LogP) is -0.512. The van der Waals surface area contributed by atoms with Gasteiger partial charge in [0.2, 0.25) is 0 Å². The lowest BCUT2D eigenvalue weighted by molar-refractivity contribution is 0.0993. The Kier molecular flexibility index (Phi) is 1.56. The van der Waals surface area contributed by atoms with Crippen LogP contribution in [0.4, 0.5) is 4.79 Å². The topological polar surface area (TPSA) is 72.3 Å². The van der Waals surface area contributed by atoms with E-state index in [2.05, 4.69) is 0 Å². The van der Waals surface area contributed by atoms with Gasteiger partial charge in [-0.3, -0.25) is 0 Å². The summed E-state index contributed by atoms with van der Waals surface area (Å²) in [5, 5.41) is 0. The first-order valence-electron chi connectivity index (χ1n) is 3.41. The first-order chi connectivity index (χ1) is 4.57. The van der Waals surface area contributed by atoms with E-state index in [4.69, 9.17) is 11.5 Å². The van der Waals surface area contributed by atoms with Crippen molar-refractivity contribution in [1.82, 2.24) is 4.90 Å². The van der Waals surface area contributed by atoms with Crippen molar-refractivity contribution in [2.75, 3.05) is 13.1 Å². The highest BCUT2D eigenvalue weighted by atomic mass is 16.2. The maximum absolute atomic E-state index is 10.5. The normalized spacial score (nSPS) is 22.0. The number of urea groups is 1. The number of amides is 2. The van der Waals surface area contributed by atoms with E-state index in [0.717, 1.165) is 6.42 Å². The molecule has 1 aliphatic rings. The molecule has 0 atom stereocenters. The monoisotopic (exact) mass is 143 g/mol. The van der Waals surface area contributed by atoms with Gasteiger partial charge in [0, 0.05) is 13.1 Å². The van der Waals surface area contributed by atoms with Gasteiger partial charge in [-0.1, -0.05) is 6.92 Å². The zero-order valence-corrected chi connectivity index (χ0v) is 6.13. The smallest absolute Gasteiger partial charge is 0.314 e. The minimum atomic E-state index is -0.366. The Morgan fingerprint density at radius 1 is 1.70 bits per heavy atom. The molecule has 4 N–H and O–H groups in total. The van der Waals surface area contributed by atoms with Crippen LogP contribution in [-0.2, 0) is 0 Å². The van der Waals surface area contributed by atoms with Gasteiger partial charge < -0.3 is 16.4 Å². The van der Waals surface area contributed by atoms with Crippen molar-refractivity contribution in [2.45, 2.75) is 18.9 Å². The van der Waals surface area contributed by atoms with Crippen LogP contribution >= 0.6 is 0 Å². The van der Waals surface area contributed by atoms with Gasteiger partial charge in [0.05, 0.1) is 5.54 Å². The van der Waals surface area contributed by atoms with E-state index >= 15 is 0 Å². The number of likely N-dealkylation sites (tertiary alicyclic amines) is 1. The van der Waals surface area contributed by atoms with E-state index in [1.54, 1.807) is 4.90 Å². The Balaban J connectivity index is 2.36. The highest BCUT2D eigenvalue weighted by Gasteiger charge is 2.39. The van der Waals surface area contributed by atoms with Crippen LogP contribution in [0.2, 0.25) is 0 Å². The molecule has 4 heteroatoms. The fraction of sp³-hybridized carbons (Fsp3) is 0.833. The minimum Gasteiger partial charge on any atom is -0.351 e. The number of carbonyl (C=O) groups excluding carboxylic acids is 1. The second kappa shape index (κ2) is 2.12. The van der Waals surface area contributed by atoms with Gasteiger partial charge in [-0.05, 0) is 6.42 Å². The van der Waals surface area contributed by atoms with E-state index in [0.29, 0.717) is 13.1 Å². The Labute approximate surface area is 60.2 Å². The molecule has 10 heavy (non-hydrogen) atoms. The third kappa shape index (κ3) is 1.07. The summed E-state index contributed by atoms with van der Waals surface area (Å²) in [6.07, 6.45) is 0.900. The molecule has 1 heterocycles. The van der Waals surface area contributed by atoms with Crippen LogP contribution in [0.1, 0.15) is 13.3 Å². The summed E-state index contributed by atoms with van der Waals surface area (Å²) >= 11 is 0. The summed E-state index contributed by atoms with van der Waals surface area (Å²) < 4.78 is 0. The molecule has 0 bridgehead atoms. The van der Waals surface area contributed by atoms with Crippen LogP contribution in [0.15, 0.2) is 0 Å². The van der Waals surface area contributed by atoms with Gasteiger partial charge in [-0.15, -0.1) is 0 Å². The molecular weight excluding hydrogens is 130 g/mol. The Morgan fingerprint density at radius 2 is 2.20 bits per heavy atom. The number of carbonyl (C=O) groups is 1. The molecule has 1 saturated heterocycles. The van der Waals surface area contributed by atoms with Crippen LogP contribution < -0.4 is 11.5 Å². The molecule has 1 rings (SSSR count). The van der Waals surface area contributed by atoms with Crippen molar-refractivity contribution >= 4 is 6.03 Å². The van der Waals surface area contributed by atoms with Gasteiger partial charge in [-0.2, -0.15) is 0 Å². The van der Waals surface area contributed by atoms with E-state index in [1.807, 2.05) is 6.92 Å². The third-order valence-corrected chi connectivity index (χ3v) is 2.03. The largest absolute Gasteiger partial charge is 0.351 e. The van der Waals surface area contributed by atoms with Crippen LogP contribution in [0.5, 0.6) is 0 Å². The fourth-order valence-corrected chi connectivity index (χ4v) is 1.09. The molecule has 0 unspecified atom stereocenters. The predicted molar refractivity (Wildman–Crippen MR) is 38.4 cm³/mol. The number of nitrogens with two attached hydrogens (primary N) is 2. The van der Waals surface area contributed by atoms with Crippen LogP contribution in [0.3, 0.4) is 0 Å². The molecule has 0 aliphatic carbocycles. The summed E-state index contributed by atoms with van der Waals surface area (Å²) in [5.74, 6) is 0. The maximum atomic E-state index is 10.5. The summed E-state index contributed by atoms with van der Waals surface area (Å²) in [4.78, 5) is 12.0. The van der Waals surface area contributed by atoms with Gasteiger partial charge in [0.1, 0.15) is 0 Å². The van der Waals surface area contributed by atoms with Crippen LogP contribution in [0, 0.1) is 0 Å². The van der Waals surface area contributed by atoms with Crippen LogP contribution in [-0.4, -0.2) is 29.6 Å². The molecule has 0 saturated carbocycles. The zero-order valence-electron chi connectivity index (χ0n) is 6.13. The molecule has 0 aromatic rings.